The van der Waals surface area contributed by atoms with E-state index in [9.17, 15) is 18.3 Å². The molecule has 0 saturated carbocycles. The van der Waals surface area contributed by atoms with Gasteiger partial charge in [-0.05, 0) is 18.4 Å². The molecule has 0 fully saturated rings. The van der Waals surface area contributed by atoms with Crippen molar-refractivity contribution in [2.45, 2.75) is 26.3 Å². The summed E-state index contributed by atoms with van der Waals surface area (Å²) in [7, 11) is -3.66. The van der Waals surface area contributed by atoms with Crippen LogP contribution in [-0.2, 0) is 20.4 Å². The average Bonchev–Trinajstić information content (AvgIpc) is 2.27. The second kappa shape index (κ2) is 5.71. The fraction of sp³-hybridized carbons (Fsp3) is 0.462. The van der Waals surface area contributed by atoms with Gasteiger partial charge >= 0.3 is 5.97 Å². The van der Waals surface area contributed by atoms with Crippen LogP contribution in [0, 0.1) is 5.92 Å². The Bertz CT molecular complexity index is 539. The Morgan fingerprint density at radius 3 is 2.26 bits per heavy atom. The summed E-state index contributed by atoms with van der Waals surface area (Å²) < 4.78 is 26.2. The first-order chi connectivity index (χ1) is 8.67. The van der Waals surface area contributed by atoms with Gasteiger partial charge in [0.25, 0.3) is 0 Å². The summed E-state index contributed by atoms with van der Waals surface area (Å²) >= 11 is 0. The highest BCUT2D eigenvalue weighted by Gasteiger charge is 2.39. The minimum Gasteiger partial charge on any atom is -0.480 e. The lowest BCUT2D eigenvalue weighted by Gasteiger charge is -2.26. The molecule has 0 saturated heterocycles. The molecular weight excluding hydrogens is 266 g/mol. The Hall–Kier alpha value is -1.40. The van der Waals surface area contributed by atoms with Crippen LogP contribution < -0.4 is 4.72 Å². The quantitative estimate of drug-likeness (QED) is 0.831. The van der Waals surface area contributed by atoms with Crippen LogP contribution in [0.15, 0.2) is 30.3 Å². The van der Waals surface area contributed by atoms with Gasteiger partial charge in [-0.25, -0.2) is 13.2 Å². The molecule has 1 rings (SSSR count). The molecule has 0 aliphatic heterocycles. The molecule has 1 unspecified atom stereocenters. The summed E-state index contributed by atoms with van der Waals surface area (Å²) in [6.07, 6.45) is 0. The lowest BCUT2D eigenvalue weighted by molar-refractivity contribution is -0.143. The largest absolute Gasteiger partial charge is 0.480 e. The smallest absolute Gasteiger partial charge is 0.329 e. The SMILES string of the molecule is CC(C)CS(=O)(=O)NC(C)(C(=O)O)c1ccccc1. The van der Waals surface area contributed by atoms with Gasteiger partial charge in [0, 0.05) is 0 Å². The standard InChI is InChI=1S/C13H19NO4S/c1-10(2)9-19(17,18)14-13(3,12(15)16)11-7-5-4-6-8-11/h4-8,10,14H,9H2,1-3H3,(H,15,16). The minimum absolute atomic E-state index is 0.0775. The van der Waals surface area contributed by atoms with Crippen LogP contribution in [0.25, 0.3) is 0 Å². The summed E-state index contributed by atoms with van der Waals surface area (Å²) in [5.74, 6) is -1.42. The normalized spacial score (nSPS) is 15.2. The summed E-state index contributed by atoms with van der Waals surface area (Å²) in [6, 6.07) is 8.27. The summed E-state index contributed by atoms with van der Waals surface area (Å²) in [5, 5.41) is 9.36. The first kappa shape index (κ1) is 15.7. The molecule has 1 aromatic carbocycles. The Kier molecular flexibility index (Phi) is 4.70. The maximum atomic E-state index is 12.0. The third-order valence-corrected chi connectivity index (χ3v) is 4.52. The van der Waals surface area contributed by atoms with Gasteiger partial charge in [-0.1, -0.05) is 44.2 Å². The van der Waals surface area contributed by atoms with Gasteiger partial charge in [0.05, 0.1) is 5.75 Å². The second-order valence-electron chi connectivity index (χ2n) is 5.07. The van der Waals surface area contributed by atoms with Gasteiger partial charge in [-0.2, -0.15) is 4.72 Å². The molecule has 0 amide bonds. The maximum absolute atomic E-state index is 12.0. The van der Waals surface area contributed by atoms with Crippen LogP contribution in [0.4, 0.5) is 0 Å². The molecule has 0 aromatic heterocycles. The van der Waals surface area contributed by atoms with E-state index in [0.717, 1.165) is 0 Å². The van der Waals surface area contributed by atoms with Gasteiger partial charge in [-0.3, -0.25) is 0 Å². The van der Waals surface area contributed by atoms with Gasteiger partial charge < -0.3 is 5.11 Å². The van der Waals surface area contributed by atoms with Crippen LogP contribution in [0.5, 0.6) is 0 Å². The van der Waals surface area contributed by atoms with Crippen molar-refractivity contribution in [3.63, 3.8) is 0 Å². The molecule has 0 aliphatic carbocycles. The summed E-state index contributed by atoms with van der Waals surface area (Å²) in [6.45, 7) is 4.88. The van der Waals surface area contributed by atoms with Crippen molar-refractivity contribution in [2.75, 3.05) is 5.75 Å². The summed E-state index contributed by atoms with van der Waals surface area (Å²) in [4.78, 5) is 11.5. The number of hydrogen-bond acceptors (Lipinski definition) is 3. The number of carboxylic acids is 1. The van der Waals surface area contributed by atoms with E-state index < -0.39 is 21.5 Å². The van der Waals surface area contributed by atoms with Crippen molar-refractivity contribution >= 4 is 16.0 Å². The van der Waals surface area contributed by atoms with Crippen molar-refractivity contribution in [1.82, 2.24) is 4.72 Å². The van der Waals surface area contributed by atoms with Crippen molar-refractivity contribution < 1.29 is 18.3 Å². The van der Waals surface area contributed by atoms with E-state index >= 15 is 0 Å². The molecule has 0 radical (unpaired) electrons. The molecule has 1 aromatic rings. The van der Waals surface area contributed by atoms with E-state index in [1.807, 2.05) is 0 Å². The number of sulfonamides is 1. The topological polar surface area (TPSA) is 83.5 Å². The number of carbonyl (C=O) groups is 1. The Balaban J connectivity index is 3.13. The molecule has 106 valence electrons. The van der Waals surface area contributed by atoms with E-state index in [0.29, 0.717) is 5.56 Å². The third-order valence-electron chi connectivity index (χ3n) is 2.69. The predicted octanol–water partition coefficient (Wildman–Crippen LogP) is 1.56. The van der Waals surface area contributed by atoms with E-state index in [4.69, 9.17) is 0 Å². The van der Waals surface area contributed by atoms with Gasteiger partial charge in [0.2, 0.25) is 10.0 Å². The fourth-order valence-corrected chi connectivity index (χ4v) is 3.58. The van der Waals surface area contributed by atoms with Crippen molar-refractivity contribution in [2.24, 2.45) is 5.92 Å². The van der Waals surface area contributed by atoms with E-state index in [1.165, 1.54) is 6.92 Å². The fourth-order valence-electron chi connectivity index (χ4n) is 1.79. The zero-order valence-corrected chi connectivity index (χ0v) is 12.1. The van der Waals surface area contributed by atoms with E-state index in [2.05, 4.69) is 4.72 Å². The predicted molar refractivity (Wildman–Crippen MR) is 73.2 cm³/mol. The highest BCUT2D eigenvalue weighted by atomic mass is 32.2. The van der Waals surface area contributed by atoms with Gasteiger partial charge in [0.1, 0.15) is 0 Å². The monoisotopic (exact) mass is 285 g/mol. The minimum atomic E-state index is -3.66. The number of hydrogen-bond donors (Lipinski definition) is 2. The first-order valence-corrected chi connectivity index (χ1v) is 7.63. The Morgan fingerprint density at radius 2 is 1.84 bits per heavy atom. The van der Waals surface area contributed by atoms with Crippen molar-refractivity contribution in [3.05, 3.63) is 35.9 Å². The lowest BCUT2D eigenvalue weighted by Crippen LogP contribution is -2.50. The van der Waals surface area contributed by atoms with Gasteiger partial charge in [-0.15, -0.1) is 0 Å². The van der Waals surface area contributed by atoms with Crippen LogP contribution in [0.1, 0.15) is 26.3 Å². The molecule has 0 aliphatic rings. The molecule has 19 heavy (non-hydrogen) atoms. The highest BCUT2D eigenvalue weighted by molar-refractivity contribution is 7.89. The van der Waals surface area contributed by atoms with Crippen molar-refractivity contribution in [3.8, 4) is 0 Å². The third kappa shape index (κ3) is 4.04. The first-order valence-electron chi connectivity index (χ1n) is 5.98. The molecular formula is C13H19NO4S. The number of carboxylic acid groups (broad SMARTS) is 1. The number of rotatable bonds is 6. The molecule has 0 bridgehead atoms. The Labute approximate surface area is 113 Å². The average molecular weight is 285 g/mol. The zero-order chi connectivity index (χ0) is 14.7. The van der Waals surface area contributed by atoms with Crippen LogP contribution in [-0.4, -0.2) is 25.2 Å². The lowest BCUT2D eigenvalue weighted by atomic mass is 9.94. The molecule has 0 heterocycles. The van der Waals surface area contributed by atoms with Crippen LogP contribution in [0.2, 0.25) is 0 Å². The summed E-state index contributed by atoms with van der Waals surface area (Å²) in [5.41, 5.74) is -1.26. The Morgan fingerprint density at radius 1 is 1.32 bits per heavy atom. The second-order valence-corrected chi connectivity index (χ2v) is 6.84. The van der Waals surface area contributed by atoms with Crippen molar-refractivity contribution in [1.29, 1.82) is 0 Å². The zero-order valence-electron chi connectivity index (χ0n) is 11.3. The molecule has 0 spiro atoms. The van der Waals surface area contributed by atoms with Gasteiger partial charge in [0.15, 0.2) is 5.54 Å². The number of aliphatic carboxylic acids is 1. The molecule has 2 N–H and O–H groups in total. The van der Waals surface area contributed by atoms with E-state index in [1.54, 1.807) is 44.2 Å². The number of nitrogens with one attached hydrogen (secondary N) is 1. The van der Waals surface area contributed by atoms with Crippen LogP contribution >= 0.6 is 0 Å². The van der Waals surface area contributed by atoms with E-state index in [-0.39, 0.29) is 11.7 Å². The molecule has 1 atom stereocenters. The van der Waals surface area contributed by atoms with Crippen LogP contribution in [0.3, 0.4) is 0 Å². The maximum Gasteiger partial charge on any atom is 0.329 e. The number of benzene rings is 1. The molecule has 5 nitrogen and oxygen atoms in total. The highest BCUT2D eigenvalue weighted by Crippen LogP contribution is 2.22. The molecule has 6 heteroatoms.